The zero-order chi connectivity index (χ0) is 13.4. The van der Waals surface area contributed by atoms with Crippen LogP contribution in [0, 0.1) is 0 Å². The fourth-order valence-corrected chi connectivity index (χ4v) is 4.07. The maximum Gasteiger partial charge on any atom is 0.326 e. The summed E-state index contributed by atoms with van der Waals surface area (Å²) in [5.74, 6) is 0.732. The molecule has 1 aromatic heterocycles. The summed E-state index contributed by atoms with van der Waals surface area (Å²) in [7, 11) is 0. The number of fused-ring (bicyclic) bond motifs is 1. The Morgan fingerprint density at radius 1 is 1.21 bits per heavy atom. The van der Waals surface area contributed by atoms with Crippen LogP contribution in [-0.2, 0) is 11.2 Å². The Kier molecular flexibility index (Phi) is 3.65. The number of aliphatic carboxylic acids is 1. The summed E-state index contributed by atoms with van der Waals surface area (Å²) in [4.78, 5) is 16.2. The number of carboxylic acids is 1. The predicted octanol–water partition coefficient (Wildman–Crippen LogP) is 3.66. The SMILES string of the molecule is O=C(O)C1CCCc2c(Br)nc(C3CCCCC3)n21. The molecule has 0 saturated heterocycles. The largest absolute Gasteiger partial charge is 0.480 e. The van der Waals surface area contributed by atoms with E-state index in [1.807, 2.05) is 4.57 Å². The number of halogens is 1. The molecule has 4 nitrogen and oxygen atoms in total. The Balaban J connectivity index is 2.02. The maximum absolute atomic E-state index is 11.5. The third kappa shape index (κ3) is 2.33. The summed E-state index contributed by atoms with van der Waals surface area (Å²) in [6.45, 7) is 0. The second-order valence-corrected chi connectivity index (χ2v) is 6.41. The minimum absolute atomic E-state index is 0.417. The van der Waals surface area contributed by atoms with Crippen molar-refractivity contribution in [1.82, 2.24) is 9.55 Å². The van der Waals surface area contributed by atoms with Gasteiger partial charge in [-0.2, -0.15) is 0 Å². The molecule has 2 aliphatic rings. The number of carboxylic acid groups (broad SMARTS) is 1. The molecule has 1 aromatic rings. The van der Waals surface area contributed by atoms with Gasteiger partial charge in [-0.15, -0.1) is 0 Å². The van der Waals surface area contributed by atoms with E-state index in [4.69, 9.17) is 0 Å². The van der Waals surface area contributed by atoms with Crippen LogP contribution < -0.4 is 0 Å². The lowest BCUT2D eigenvalue weighted by Gasteiger charge is -2.28. The standard InChI is InChI=1S/C14H19BrN2O2/c15-12-10-7-4-8-11(14(18)19)17(10)13(16-12)9-5-2-1-3-6-9/h9,11H,1-8H2,(H,18,19). The van der Waals surface area contributed by atoms with Gasteiger partial charge in [-0.1, -0.05) is 19.3 Å². The van der Waals surface area contributed by atoms with Crippen molar-refractivity contribution in [3.63, 3.8) is 0 Å². The van der Waals surface area contributed by atoms with Gasteiger partial charge in [0.1, 0.15) is 16.5 Å². The molecule has 1 aliphatic carbocycles. The first-order valence-electron chi connectivity index (χ1n) is 7.17. The number of rotatable bonds is 2. The first kappa shape index (κ1) is 13.2. The molecule has 0 spiro atoms. The number of nitrogens with zero attached hydrogens (tertiary/aromatic N) is 2. The molecule has 2 heterocycles. The topological polar surface area (TPSA) is 55.1 Å². The molecular formula is C14H19BrN2O2. The Morgan fingerprint density at radius 3 is 2.63 bits per heavy atom. The average molecular weight is 327 g/mol. The van der Waals surface area contributed by atoms with E-state index in [-0.39, 0.29) is 0 Å². The molecule has 3 rings (SSSR count). The number of carbonyl (C=O) groups is 1. The normalized spacial score (nSPS) is 24.2. The predicted molar refractivity (Wildman–Crippen MR) is 75.4 cm³/mol. The fraction of sp³-hybridized carbons (Fsp3) is 0.714. The van der Waals surface area contributed by atoms with E-state index < -0.39 is 12.0 Å². The summed E-state index contributed by atoms with van der Waals surface area (Å²) in [5.41, 5.74) is 1.08. The zero-order valence-corrected chi connectivity index (χ0v) is 12.5. The van der Waals surface area contributed by atoms with Gasteiger partial charge < -0.3 is 9.67 Å². The molecule has 0 amide bonds. The molecule has 0 bridgehead atoms. The van der Waals surface area contributed by atoms with Crippen LogP contribution in [0.25, 0.3) is 0 Å². The van der Waals surface area contributed by atoms with Crippen molar-refractivity contribution in [2.45, 2.75) is 63.3 Å². The van der Waals surface area contributed by atoms with Crippen LogP contribution in [0.4, 0.5) is 0 Å². The quantitative estimate of drug-likeness (QED) is 0.902. The highest BCUT2D eigenvalue weighted by molar-refractivity contribution is 9.10. The van der Waals surface area contributed by atoms with Gasteiger partial charge in [0.2, 0.25) is 0 Å². The summed E-state index contributed by atoms with van der Waals surface area (Å²) >= 11 is 3.52. The summed E-state index contributed by atoms with van der Waals surface area (Å²) in [5, 5.41) is 9.45. The smallest absolute Gasteiger partial charge is 0.326 e. The number of aromatic nitrogens is 2. The average Bonchev–Trinajstić information content (AvgIpc) is 2.77. The van der Waals surface area contributed by atoms with E-state index in [1.165, 1.54) is 19.3 Å². The molecule has 1 N–H and O–H groups in total. The molecule has 1 saturated carbocycles. The first-order valence-corrected chi connectivity index (χ1v) is 7.97. The molecule has 1 unspecified atom stereocenters. The second-order valence-electron chi connectivity index (χ2n) is 5.66. The van der Waals surface area contributed by atoms with Gasteiger partial charge in [0.05, 0.1) is 5.69 Å². The minimum Gasteiger partial charge on any atom is -0.480 e. The van der Waals surface area contributed by atoms with Crippen molar-refractivity contribution >= 4 is 21.9 Å². The van der Waals surface area contributed by atoms with Crippen LogP contribution in [0.3, 0.4) is 0 Å². The number of hydrogen-bond acceptors (Lipinski definition) is 2. The Morgan fingerprint density at radius 2 is 1.95 bits per heavy atom. The van der Waals surface area contributed by atoms with Crippen LogP contribution >= 0.6 is 15.9 Å². The molecule has 1 aliphatic heterocycles. The molecule has 1 atom stereocenters. The van der Waals surface area contributed by atoms with Crippen molar-refractivity contribution in [1.29, 1.82) is 0 Å². The molecule has 0 aromatic carbocycles. The van der Waals surface area contributed by atoms with E-state index >= 15 is 0 Å². The maximum atomic E-state index is 11.5. The molecule has 19 heavy (non-hydrogen) atoms. The lowest BCUT2D eigenvalue weighted by atomic mass is 9.88. The number of imidazole rings is 1. The zero-order valence-electron chi connectivity index (χ0n) is 10.9. The van der Waals surface area contributed by atoms with Crippen molar-refractivity contribution in [2.75, 3.05) is 0 Å². The van der Waals surface area contributed by atoms with E-state index in [2.05, 4.69) is 20.9 Å². The van der Waals surface area contributed by atoms with Gasteiger partial charge >= 0.3 is 5.97 Å². The molecule has 104 valence electrons. The van der Waals surface area contributed by atoms with Crippen LogP contribution in [0.5, 0.6) is 0 Å². The Hall–Kier alpha value is -0.840. The fourth-order valence-electron chi connectivity index (χ4n) is 3.50. The lowest BCUT2D eigenvalue weighted by Crippen LogP contribution is -2.27. The summed E-state index contributed by atoms with van der Waals surface area (Å²) < 4.78 is 2.88. The van der Waals surface area contributed by atoms with E-state index in [0.29, 0.717) is 5.92 Å². The van der Waals surface area contributed by atoms with E-state index in [1.54, 1.807) is 0 Å². The van der Waals surface area contributed by atoms with Crippen LogP contribution in [0.2, 0.25) is 0 Å². The van der Waals surface area contributed by atoms with Crippen molar-refractivity contribution in [2.24, 2.45) is 0 Å². The third-order valence-electron chi connectivity index (χ3n) is 4.45. The van der Waals surface area contributed by atoms with Gasteiger partial charge in [-0.3, -0.25) is 0 Å². The molecule has 0 radical (unpaired) electrons. The first-order chi connectivity index (χ1) is 9.18. The lowest BCUT2D eigenvalue weighted by molar-refractivity contribution is -0.141. The Labute approximate surface area is 121 Å². The van der Waals surface area contributed by atoms with Gasteiger partial charge in [0.15, 0.2) is 0 Å². The molecule has 5 heteroatoms. The highest BCUT2D eigenvalue weighted by Crippen LogP contribution is 2.39. The van der Waals surface area contributed by atoms with Gasteiger partial charge in [-0.25, -0.2) is 9.78 Å². The van der Waals surface area contributed by atoms with Crippen molar-refractivity contribution < 1.29 is 9.90 Å². The van der Waals surface area contributed by atoms with E-state index in [9.17, 15) is 9.90 Å². The van der Waals surface area contributed by atoms with Crippen molar-refractivity contribution in [3.05, 3.63) is 16.1 Å². The van der Waals surface area contributed by atoms with Crippen LogP contribution in [0.1, 0.15) is 68.4 Å². The van der Waals surface area contributed by atoms with Gasteiger partial charge in [0, 0.05) is 5.92 Å². The van der Waals surface area contributed by atoms with Gasteiger partial charge in [-0.05, 0) is 48.0 Å². The minimum atomic E-state index is -0.720. The van der Waals surface area contributed by atoms with Gasteiger partial charge in [0.25, 0.3) is 0 Å². The van der Waals surface area contributed by atoms with Crippen LogP contribution in [-0.4, -0.2) is 20.6 Å². The third-order valence-corrected chi connectivity index (χ3v) is 5.08. The Bertz CT molecular complexity index is 492. The summed E-state index contributed by atoms with van der Waals surface area (Å²) in [6.07, 6.45) is 8.67. The molecular weight excluding hydrogens is 308 g/mol. The van der Waals surface area contributed by atoms with Crippen LogP contribution in [0.15, 0.2) is 4.60 Å². The highest BCUT2D eigenvalue weighted by Gasteiger charge is 2.33. The highest BCUT2D eigenvalue weighted by atomic mass is 79.9. The van der Waals surface area contributed by atoms with Crippen molar-refractivity contribution in [3.8, 4) is 0 Å². The molecule has 1 fully saturated rings. The second kappa shape index (κ2) is 5.27. The number of hydrogen-bond donors (Lipinski definition) is 1. The summed E-state index contributed by atoms with van der Waals surface area (Å²) in [6, 6.07) is -0.417. The van der Waals surface area contributed by atoms with E-state index in [0.717, 1.165) is 48.2 Å². The monoisotopic (exact) mass is 326 g/mol.